The summed E-state index contributed by atoms with van der Waals surface area (Å²) in [5, 5.41) is 9.66. The fraction of sp³-hybridized carbons (Fsp3) is 0.333. The molecule has 1 saturated heterocycles. The van der Waals surface area contributed by atoms with Crippen molar-refractivity contribution in [2.24, 2.45) is 0 Å². The molecule has 0 amide bonds. The molecule has 0 radical (unpaired) electrons. The Bertz CT molecular complexity index is 1100. The van der Waals surface area contributed by atoms with E-state index in [0.29, 0.717) is 11.4 Å². The Kier molecular flexibility index (Phi) is 6.05. The van der Waals surface area contributed by atoms with Crippen molar-refractivity contribution in [1.82, 2.24) is 0 Å². The van der Waals surface area contributed by atoms with Gasteiger partial charge in [0.25, 0.3) is 0 Å². The molecule has 2 aliphatic rings. The fourth-order valence-corrected chi connectivity index (χ4v) is 6.65. The average molecular weight is 445 g/mol. The van der Waals surface area contributed by atoms with Crippen LogP contribution in [-0.4, -0.2) is 37.2 Å². The first-order chi connectivity index (χ1) is 14.4. The molecule has 0 unspecified atom stereocenters. The lowest BCUT2D eigenvalue weighted by molar-refractivity contribution is 0.118. The van der Waals surface area contributed by atoms with Gasteiger partial charge >= 0.3 is 0 Å². The van der Waals surface area contributed by atoms with Gasteiger partial charge in [0.1, 0.15) is 11.0 Å². The molecule has 158 valence electrons. The Morgan fingerprint density at radius 3 is 2.70 bits per heavy atom. The van der Waals surface area contributed by atoms with Crippen LogP contribution in [-0.2, 0) is 14.6 Å². The van der Waals surface area contributed by atoms with Gasteiger partial charge in [0, 0.05) is 0 Å². The number of rotatable bonds is 6. The Balaban J connectivity index is 1.62. The van der Waals surface area contributed by atoms with Crippen LogP contribution in [0, 0.1) is 0 Å². The van der Waals surface area contributed by atoms with Crippen LogP contribution < -0.4 is 0 Å². The van der Waals surface area contributed by atoms with E-state index in [9.17, 15) is 13.5 Å². The van der Waals surface area contributed by atoms with Crippen molar-refractivity contribution in [3.8, 4) is 5.75 Å². The van der Waals surface area contributed by atoms with E-state index < -0.39 is 15.1 Å². The molecule has 0 aromatic heterocycles. The maximum Gasteiger partial charge on any atom is 0.163 e. The van der Waals surface area contributed by atoms with Crippen LogP contribution in [0.4, 0.5) is 0 Å². The van der Waals surface area contributed by atoms with Gasteiger partial charge in [-0.2, -0.15) is 0 Å². The monoisotopic (exact) mass is 444 g/mol. The summed E-state index contributed by atoms with van der Waals surface area (Å²) in [5.41, 5.74) is 5.02. The van der Waals surface area contributed by atoms with E-state index in [4.69, 9.17) is 16.3 Å². The summed E-state index contributed by atoms with van der Waals surface area (Å²) < 4.78 is 30.9. The van der Waals surface area contributed by atoms with Gasteiger partial charge in [-0.25, -0.2) is 8.42 Å². The largest absolute Gasteiger partial charge is 0.508 e. The highest BCUT2D eigenvalue weighted by Gasteiger charge is 2.46. The quantitative estimate of drug-likeness (QED) is 0.487. The first kappa shape index (κ1) is 21.2. The third kappa shape index (κ3) is 4.20. The SMILES string of the molecule is CCC1=C2[C@@H](CC/C(=C/c3ccc(O)cc3Cl)c3ccccc3)OC[C@@H]2S(=O)(=O)C1. The Labute approximate surface area is 182 Å². The van der Waals surface area contributed by atoms with Gasteiger partial charge in [0.15, 0.2) is 9.84 Å². The second-order valence-electron chi connectivity index (χ2n) is 7.81. The molecular weight excluding hydrogens is 420 g/mol. The third-order valence-corrected chi connectivity index (χ3v) is 8.26. The molecule has 0 spiro atoms. The van der Waals surface area contributed by atoms with Gasteiger partial charge in [-0.3, -0.25) is 0 Å². The number of ether oxygens (including phenoxy) is 1. The summed E-state index contributed by atoms with van der Waals surface area (Å²) in [7, 11) is -3.12. The highest BCUT2D eigenvalue weighted by molar-refractivity contribution is 7.92. The van der Waals surface area contributed by atoms with Crippen molar-refractivity contribution in [2.45, 2.75) is 37.5 Å². The number of fused-ring (bicyclic) bond motifs is 1. The zero-order valence-electron chi connectivity index (χ0n) is 16.8. The lowest BCUT2D eigenvalue weighted by atomic mass is 9.93. The van der Waals surface area contributed by atoms with Crippen molar-refractivity contribution < 1.29 is 18.3 Å². The summed E-state index contributed by atoms with van der Waals surface area (Å²) >= 11 is 6.33. The number of benzene rings is 2. The minimum Gasteiger partial charge on any atom is -0.508 e. The number of hydrogen-bond acceptors (Lipinski definition) is 4. The van der Waals surface area contributed by atoms with Gasteiger partial charge in [-0.05, 0) is 65.8 Å². The van der Waals surface area contributed by atoms with Crippen LogP contribution in [0.25, 0.3) is 11.6 Å². The van der Waals surface area contributed by atoms with E-state index in [1.165, 1.54) is 6.07 Å². The number of allylic oxidation sites excluding steroid dienone is 1. The van der Waals surface area contributed by atoms with Gasteiger partial charge in [0.05, 0.1) is 23.5 Å². The summed E-state index contributed by atoms with van der Waals surface area (Å²) in [4.78, 5) is 0. The first-order valence-corrected chi connectivity index (χ1v) is 12.3. The average Bonchev–Trinajstić information content (AvgIpc) is 3.26. The number of halogens is 1. The summed E-state index contributed by atoms with van der Waals surface area (Å²) in [6.07, 6.45) is 4.05. The number of sulfone groups is 1. The molecule has 4 nitrogen and oxygen atoms in total. The minimum atomic E-state index is -3.12. The first-order valence-electron chi connectivity index (χ1n) is 10.2. The molecule has 2 aliphatic heterocycles. The van der Waals surface area contributed by atoms with Gasteiger partial charge in [0.2, 0.25) is 0 Å². The minimum absolute atomic E-state index is 0.130. The molecule has 0 aliphatic carbocycles. The molecule has 1 N–H and O–H groups in total. The zero-order chi connectivity index (χ0) is 21.3. The molecule has 30 heavy (non-hydrogen) atoms. The van der Waals surface area contributed by atoms with E-state index >= 15 is 0 Å². The van der Waals surface area contributed by atoms with E-state index in [2.05, 4.69) is 12.1 Å². The number of phenolic OH excluding ortho intramolecular Hbond substituents is 1. The van der Waals surface area contributed by atoms with Crippen LogP contribution in [0.2, 0.25) is 5.02 Å². The second kappa shape index (κ2) is 8.58. The summed E-state index contributed by atoms with van der Waals surface area (Å²) in [6.45, 7) is 2.28. The molecule has 2 atom stereocenters. The zero-order valence-corrected chi connectivity index (χ0v) is 18.4. The fourth-order valence-electron chi connectivity index (χ4n) is 4.37. The van der Waals surface area contributed by atoms with E-state index in [-0.39, 0.29) is 24.2 Å². The maximum absolute atomic E-state index is 12.5. The molecule has 4 rings (SSSR count). The van der Waals surface area contributed by atoms with E-state index in [1.54, 1.807) is 12.1 Å². The van der Waals surface area contributed by atoms with Crippen molar-refractivity contribution in [3.63, 3.8) is 0 Å². The number of aromatic hydroxyl groups is 1. The Morgan fingerprint density at radius 2 is 2.00 bits per heavy atom. The van der Waals surface area contributed by atoms with Crippen molar-refractivity contribution in [1.29, 1.82) is 0 Å². The standard InChI is InChI=1S/C24H25ClO4S/c1-2-16-15-30(27,28)23-14-29-22(24(16)23)11-9-18(17-6-4-3-5-7-17)12-19-8-10-20(26)13-21(19)25/h3-8,10,12-13,22-23,26H,2,9,11,14-15H2,1H3/b18-12-/t22-,23+/m1/s1. The topological polar surface area (TPSA) is 63.6 Å². The predicted octanol–water partition coefficient (Wildman–Crippen LogP) is 5.27. The molecule has 0 saturated carbocycles. The smallest absolute Gasteiger partial charge is 0.163 e. The Morgan fingerprint density at radius 1 is 1.23 bits per heavy atom. The van der Waals surface area contributed by atoms with Crippen molar-refractivity contribution >= 4 is 33.1 Å². The van der Waals surface area contributed by atoms with Gasteiger partial charge < -0.3 is 9.84 Å². The molecule has 1 fully saturated rings. The maximum atomic E-state index is 12.5. The van der Waals surface area contributed by atoms with Crippen LogP contribution in [0.15, 0.2) is 59.7 Å². The van der Waals surface area contributed by atoms with Crippen LogP contribution >= 0.6 is 11.6 Å². The normalized spacial score (nSPS) is 23.1. The molecular formula is C24H25ClO4S. The van der Waals surface area contributed by atoms with Crippen LogP contribution in [0.1, 0.15) is 37.3 Å². The van der Waals surface area contributed by atoms with E-state index in [1.807, 2.05) is 31.2 Å². The van der Waals surface area contributed by atoms with Crippen molar-refractivity contribution in [2.75, 3.05) is 12.4 Å². The summed E-state index contributed by atoms with van der Waals surface area (Å²) in [6, 6.07) is 15.0. The Hall–Kier alpha value is -2.08. The lowest BCUT2D eigenvalue weighted by Crippen LogP contribution is -2.19. The van der Waals surface area contributed by atoms with Crippen molar-refractivity contribution in [3.05, 3.63) is 75.8 Å². The molecule has 6 heteroatoms. The lowest BCUT2D eigenvalue weighted by Gasteiger charge is -2.15. The van der Waals surface area contributed by atoms with Crippen LogP contribution in [0.5, 0.6) is 5.75 Å². The molecule has 2 aromatic carbocycles. The highest BCUT2D eigenvalue weighted by atomic mass is 35.5. The van der Waals surface area contributed by atoms with Crippen LogP contribution in [0.3, 0.4) is 0 Å². The molecule has 2 heterocycles. The predicted molar refractivity (Wildman–Crippen MR) is 121 cm³/mol. The van der Waals surface area contributed by atoms with Gasteiger partial charge in [-0.15, -0.1) is 0 Å². The summed E-state index contributed by atoms with van der Waals surface area (Å²) in [5.74, 6) is 0.304. The van der Waals surface area contributed by atoms with E-state index in [0.717, 1.165) is 40.7 Å². The molecule has 0 bridgehead atoms. The third-order valence-electron chi connectivity index (χ3n) is 5.92. The highest BCUT2D eigenvalue weighted by Crippen LogP contribution is 2.40. The number of hydrogen-bond donors (Lipinski definition) is 1. The molecule has 2 aromatic rings. The second-order valence-corrected chi connectivity index (χ2v) is 10.4. The number of phenols is 1. The van der Waals surface area contributed by atoms with Gasteiger partial charge in [-0.1, -0.05) is 54.4 Å².